The number of nitrogens with two attached hydrogens (primary N) is 1. The van der Waals surface area contributed by atoms with E-state index in [9.17, 15) is 9.59 Å². The molecule has 0 aliphatic carbocycles. The van der Waals surface area contributed by atoms with Crippen LogP contribution < -0.4 is 20.8 Å². The van der Waals surface area contributed by atoms with E-state index in [4.69, 9.17) is 20.3 Å². The molecule has 1 aromatic carbocycles. The fraction of sp³-hybridized carbons (Fsp3) is 0.214. The zero-order valence-corrected chi connectivity index (χ0v) is 12.1. The first-order chi connectivity index (χ1) is 10.5. The molecule has 116 valence electrons. The molecule has 0 saturated carbocycles. The highest BCUT2D eigenvalue weighted by molar-refractivity contribution is 5.71. The standard InChI is InChI=1S/C14H15N3O5/c1-21-8-3-4-9(11(5-8)22-2)13-16-6-10(15)14(20)17(13)7-12(18)19/h3-6H,7,15H2,1-2H3,(H,18,19). The maximum absolute atomic E-state index is 12.1. The minimum atomic E-state index is -1.18. The van der Waals surface area contributed by atoms with Crippen LogP contribution in [0.2, 0.25) is 0 Å². The minimum absolute atomic E-state index is 0.127. The van der Waals surface area contributed by atoms with Gasteiger partial charge in [-0.1, -0.05) is 0 Å². The lowest BCUT2D eigenvalue weighted by Gasteiger charge is -2.14. The van der Waals surface area contributed by atoms with Crippen LogP contribution in [0, 0.1) is 0 Å². The van der Waals surface area contributed by atoms with Gasteiger partial charge in [0.2, 0.25) is 0 Å². The van der Waals surface area contributed by atoms with Gasteiger partial charge in [-0.05, 0) is 12.1 Å². The third-order valence-corrected chi connectivity index (χ3v) is 3.02. The molecule has 8 heteroatoms. The number of nitrogens with zero attached hydrogens (tertiary/aromatic N) is 2. The van der Waals surface area contributed by atoms with E-state index in [2.05, 4.69) is 4.98 Å². The third kappa shape index (κ3) is 2.85. The number of carbonyl (C=O) groups is 1. The molecule has 1 heterocycles. The smallest absolute Gasteiger partial charge is 0.323 e. The first-order valence-electron chi connectivity index (χ1n) is 6.27. The number of nitrogen functional groups attached to an aromatic ring is 1. The molecule has 0 unspecified atom stereocenters. The second kappa shape index (κ2) is 6.17. The summed E-state index contributed by atoms with van der Waals surface area (Å²) in [6.45, 7) is -0.554. The van der Waals surface area contributed by atoms with Crippen molar-refractivity contribution in [2.24, 2.45) is 0 Å². The maximum atomic E-state index is 12.1. The predicted octanol–water partition coefficient (Wildman–Crippen LogP) is 0.594. The van der Waals surface area contributed by atoms with Crippen LogP contribution in [-0.4, -0.2) is 34.8 Å². The number of rotatable bonds is 5. The Morgan fingerprint density at radius 3 is 2.68 bits per heavy atom. The second-order valence-electron chi connectivity index (χ2n) is 4.39. The molecule has 0 amide bonds. The Morgan fingerprint density at radius 1 is 1.36 bits per heavy atom. The number of benzene rings is 1. The van der Waals surface area contributed by atoms with Gasteiger partial charge in [0.05, 0.1) is 26.0 Å². The van der Waals surface area contributed by atoms with E-state index >= 15 is 0 Å². The van der Waals surface area contributed by atoms with Crippen LogP contribution in [0.1, 0.15) is 0 Å². The number of hydrogen-bond donors (Lipinski definition) is 2. The van der Waals surface area contributed by atoms with Gasteiger partial charge in [-0.25, -0.2) is 4.98 Å². The molecule has 0 saturated heterocycles. The van der Waals surface area contributed by atoms with Crippen molar-refractivity contribution < 1.29 is 19.4 Å². The lowest BCUT2D eigenvalue weighted by Crippen LogP contribution is -2.28. The SMILES string of the molecule is COc1ccc(-c2ncc(N)c(=O)n2CC(=O)O)c(OC)c1. The predicted molar refractivity (Wildman–Crippen MR) is 79.1 cm³/mol. The highest BCUT2D eigenvalue weighted by Crippen LogP contribution is 2.31. The van der Waals surface area contributed by atoms with Crippen molar-refractivity contribution in [2.45, 2.75) is 6.54 Å². The first kappa shape index (κ1) is 15.4. The number of aliphatic carboxylic acids is 1. The van der Waals surface area contributed by atoms with Crippen molar-refractivity contribution in [1.82, 2.24) is 9.55 Å². The minimum Gasteiger partial charge on any atom is -0.497 e. The van der Waals surface area contributed by atoms with E-state index in [1.165, 1.54) is 20.4 Å². The summed E-state index contributed by atoms with van der Waals surface area (Å²) in [6.07, 6.45) is 1.19. The van der Waals surface area contributed by atoms with Gasteiger partial charge in [-0.15, -0.1) is 0 Å². The van der Waals surface area contributed by atoms with Gasteiger partial charge in [-0.2, -0.15) is 0 Å². The Balaban J connectivity index is 2.69. The molecule has 0 radical (unpaired) electrons. The number of carboxylic acids is 1. The summed E-state index contributed by atoms with van der Waals surface area (Å²) >= 11 is 0. The molecule has 8 nitrogen and oxygen atoms in total. The lowest BCUT2D eigenvalue weighted by atomic mass is 10.1. The van der Waals surface area contributed by atoms with Crippen LogP contribution >= 0.6 is 0 Å². The number of ether oxygens (including phenoxy) is 2. The van der Waals surface area contributed by atoms with Crippen molar-refractivity contribution in [3.05, 3.63) is 34.7 Å². The monoisotopic (exact) mass is 305 g/mol. The molecule has 0 aliphatic rings. The average Bonchev–Trinajstić information content (AvgIpc) is 2.51. The van der Waals surface area contributed by atoms with Gasteiger partial charge in [-0.3, -0.25) is 14.2 Å². The fourth-order valence-electron chi connectivity index (χ4n) is 1.99. The number of anilines is 1. The molecule has 1 aromatic heterocycles. The molecule has 2 aromatic rings. The summed E-state index contributed by atoms with van der Waals surface area (Å²) in [5.41, 5.74) is 5.23. The van der Waals surface area contributed by atoms with Gasteiger partial charge >= 0.3 is 5.97 Å². The maximum Gasteiger partial charge on any atom is 0.323 e. The van der Waals surface area contributed by atoms with Crippen molar-refractivity contribution in [3.8, 4) is 22.9 Å². The molecule has 0 bridgehead atoms. The van der Waals surface area contributed by atoms with Crippen molar-refractivity contribution in [2.75, 3.05) is 20.0 Å². The van der Waals surface area contributed by atoms with E-state index in [1.807, 2.05) is 0 Å². The normalized spacial score (nSPS) is 10.3. The Hall–Kier alpha value is -3.03. The van der Waals surface area contributed by atoms with Gasteiger partial charge in [0, 0.05) is 6.07 Å². The van der Waals surface area contributed by atoms with Crippen LogP contribution in [0.4, 0.5) is 5.69 Å². The number of methoxy groups -OCH3 is 2. The fourth-order valence-corrected chi connectivity index (χ4v) is 1.99. The van der Waals surface area contributed by atoms with E-state index in [1.54, 1.807) is 18.2 Å². The van der Waals surface area contributed by atoms with Crippen molar-refractivity contribution in [1.29, 1.82) is 0 Å². The zero-order chi connectivity index (χ0) is 16.3. The quantitative estimate of drug-likeness (QED) is 0.830. The van der Waals surface area contributed by atoms with E-state index < -0.39 is 18.1 Å². The summed E-state index contributed by atoms with van der Waals surface area (Å²) in [4.78, 5) is 27.2. The molecular weight excluding hydrogens is 290 g/mol. The largest absolute Gasteiger partial charge is 0.497 e. The molecular formula is C14H15N3O5. The Labute approximate surface area is 125 Å². The van der Waals surface area contributed by atoms with E-state index in [0.717, 1.165) is 4.57 Å². The average molecular weight is 305 g/mol. The topological polar surface area (TPSA) is 117 Å². The zero-order valence-electron chi connectivity index (χ0n) is 12.1. The Bertz CT molecular complexity index is 770. The summed E-state index contributed by atoms with van der Waals surface area (Å²) < 4.78 is 11.3. The molecule has 0 atom stereocenters. The second-order valence-corrected chi connectivity index (χ2v) is 4.39. The Morgan fingerprint density at radius 2 is 2.09 bits per heavy atom. The highest BCUT2D eigenvalue weighted by Gasteiger charge is 2.17. The van der Waals surface area contributed by atoms with Crippen LogP contribution in [0.5, 0.6) is 11.5 Å². The lowest BCUT2D eigenvalue weighted by molar-refractivity contribution is -0.137. The van der Waals surface area contributed by atoms with E-state index in [-0.39, 0.29) is 11.5 Å². The number of carboxylic acid groups (broad SMARTS) is 1. The summed E-state index contributed by atoms with van der Waals surface area (Å²) in [5, 5.41) is 8.98. The van der Waals surface area contributed by atoms with Crippen molar-refractivity contribution >= 4 is 11.7 Å². The molecule has 22 heavy (non-hydrogen) atoms. The van der Waals surface area contributed by atoms with Gasteiger partial charge in [0.1, 0.15) is 29.6 Å². The third-order valence-electron chi connectivity index (χ3n) is 3.02. The first-order valence-corrected chi connectivity index (χ1v) is 6.27. The number of aromatic nitrogens is 2. The van der Waals surface area contributed by atoms with Crippen LogP contribution in [-0.2, 0) is 11.3 Å². The molecule has 3 N–H and O–H groups in total. The summed E-state index contributed by atoms with van der Waals surface area (Å²) in [5.74, 6) is -0.0670. The van der Waals surface area contributed by atoms with E-state index in [0.29, 0.717) is 17.1 Å². The molecule has 0 spiro atoms. The van der Waals surface area contributed by atoms with Crippen LogP contribution in [0.3, 0.4) is 0 Å². The van der Waals surface area contributed by atoms with Gasteiger partial charge in [0.25, 0.3) is 5.56 Å². The summed E-state index contributed by atoms with van der Waals surface area (Å²) in [6, 6.07) is 4.91. The summed E-state index contributed by atoms with van der Waals surface area (Å²) in [7, 11) is 2.96. The molecule has 2 rings (SSSR count). The van der Waals surface area contributed by atoms with Crippen molar-refractivity contribution in [3.63, 3.8) is 0 Å². The molecule has 0 aliphatic heterocycles. The van der Waals surface area contributed by atoms with Gasteiger partial charge in [0.15, 0.2) is 0 Å². The van der Waals surface area contributed by atoms with Gasteiger partial charge < -0.3 is 20.3 Å². The molecule has 0 fully saturated rings. The van der Waals surface area contributed by atoms with Crippen LogP contribution in [0.25, 0.3) is 11.4 Å². The number of hydrogen-bond acceptors (Lipinski definition) is 6. The van der Waals surface area contributed by atoms with Crippen LogP contribution in [0.15, 0.2) is 29.2 Å². The Kier molecular flexibility index (Phi) is 4.31. The highest BCUT2D eigenvalue weighted by atomic mass is 16.5.